The first kappa shape index (κ1) is 12.0. The van der Waals surface area contributed by atoms with E-state index < -0.39 is 0 Å². The van der Waals surface area contributed by atoms with Crippen LogP contribution in [0.25, 0.3) is 0 Å². The Hall–Kier alpha value is -1.10. The molecule has 0 aromatic carbocycles. The Bertz CT molecular complexity index is 332. The van der Waals surface area contributed by atoms with E-state index in [1.807, 2.05) is 32.7 Å². The highest BCUT2D eigenvalue weighted by atomic mass is 35.5. The smallest absolute Gasteiger partial charge is 0.322 e. The molecule has 5 nitrogen and oxygen atoms in total. The van der Waals surface area contributed by atoms with Crippen molar-refractivity contribution in [3.63, 3.8) is 0 Å². The molecule has 0 aliphatic carbocycles. The lowest BCUT2D eigenvalue weighted by Gasteiger charge is -2.15. The number of anilines is 1. The maximum absolute atomic E-state index is 5.77. The Morgan fingerprint density at radius 2 is 2.00 bits per heavy atom. The molecular weight excluding hydrogens is 216 g/mol. The van der Waals surface area contributed by atoms with Gasteiger partial charge in [-0.2, -0.15) is 15.0 Å². The summed E-state index contributed by atoms with van der Waals surface area (Å²) in [5, 5.41) is 0.149. The monoisotopic (exact) mass is 230 g/mol. The first-order valence-electron chi connectivity index (χ1n) is 4.82. The Morgan fingerprint density at radius 1 is 1.33 bits per heavy atom. The maximum atomic E-state index is 5.77. The summed E-state index contributed by atoms with van der Waals surface area (Å²) in [5.41, 5.74) is 0. The van der Waals surface area contributed by atoms with E-state index in [1.54, 1.807) is 0 Å². The summed E-state index contributed by atoms with van der Waals surface area (Å²) in [5.74, 6) is 0.521. The zero-order valence-corrected chi connectivity index (χ0v) is 10.1. The molecule has 0 aliphatic rings. The third-order valence-corrected chi connectivity index (χ3v) is 1.90. The van der Waals surface area contributed by atoms with Crippen molar-refractivity contribution in [2.75, 3.05) is 18.5 Å². The van der Waals surface area contributed by atoms with E-state index in [0.717, 1.165) is 6.54 Å². The predicted octanol–water partition coefficient (Wildman–Crippen LogP) is 1.77. The van der Waals surface area contributed by atoms with Gasteiger partial charge in [0.1, 0.15) is 0 Å². The number of aromatic nitrogens is 3. The van der Waals surface area contributed by atoms with Crippen molar-refractivity contribution in [2.45, 2.75) is 26.9 Å². The molecule has 1 aromatic rings. The Balaban J connectivity index is 2.94. The summed E-state index contributed by atoms with van der Waals surface area (Å²) in [6, 6.07) is 0.264. The lowest BCUT2D eigenvalue weighted by Crippen LogP contribution is -2.20. The van der Waals surface area contributed by atoms with E-state index in [4.69, 9.17) is 16.3 Å². The SMILES string of the molecule is CCN(C)c1nc(Cl)nc(OC(C)C)n1. The minimum atomic E-state index is 0.0169. The molecule has 0 amide bonds. The third kappa shape index (κ3) is 3.51. The summed E-state index contributed by atoms with van der Waals surface area (Å²) < 4.78 is 5.36. The van der Waals surface area contributed by atoms with Crippen LogP contribution in [-0.4, -0.2) is 34.6 Å². The average molecular weight is 231 g/mol. The van der Waals surface area contributed by atoms with Crippen LogP contribution >= 0.6 is 11.6 Å². The summed E-state index contributed by atoms with van der Waals surface area (Å²) in [6.07, 6.45) is 0.0169. The Labute approximate surface area is 94.5 Å². The number of halogens is 1. The second-order valence-electron chi connectivity index (χ2n) is 3.37. The van der Waals surface area contributed by atoms with Crippen molar-refractivity contribution in [1.82, 2.24) is 15.0 Å². The predicted molar refractivity (Wildman–Crippen MR) is 59.5 cm³/mol. The van der Waals surface area contributed by atoms with Crippen molar-refractivity contribution in [2.24, 2.45) is 0 Å². The quantitative estimate of drug-likeness (QED) is 0.789. The van der Waals surface area contributed by atoms with Gasteiger partial charge in [0, 0.05) is 13.6 Å². The number of hydrogen-bond donors (Lipinski definition) is 0. The van der Waals surface area contributed by atoms with Gasteiger partial charge in [-0.1, -0.05) is 0 Å². The number of nitrogens with zero attached hydrogens (tertiary/aromatic N) is 4. The third-order valence-electron chi connectivity index (χ3n) is 1.73. The van der Waals surface area contributed by atoms with Crippen LogP contribution in [-0.2, 0) is 0 Å². The molecule has 0 spiro atoms. The summed E-state index contributed by atoms with van der Waals surface area (Å²) in [6.45, 7) is 6.60. The van der Waals surface area contributed by atoms with Crippen LogP contribution in [0, 0.1) is 0 Å². The fraction of sp³-hybridized carbons (Fsp3) is 0.667. The molecule has 0 atom stereocenters. The average Bonchev–Trinajstić information content (AvgIpc) is 2.14. The van der Waals surface area contributed by atoms with Crippen LogP contribution in [0.1, 0.15) is 20.8 Å². The van der Waals surface area contributed by atoms with E-state index in [0.29, 0.717) is 5.95 Å². The van der Waals surface area contributed by atoms with Gasteiger partial charge >= 0.3 is 6.01 Å². The Kier molecular flexibility index (Phi) is 4.08. The van der Waals surface area contributed by atoms with Gasteiger partial charge in [-0.3, -0.25) is 0 Å². The van der Waals surface area contributed by atoms with Crippen LogP contribution in [0.3, 0.4) is 0 Å². The molecule has 1 heterocycles. The highest BCUT2D eigenvalue weighted by Gasteiger charge is 2.09. The zero-order valence-electron chi connectivity index (χ0n) is 9.36. The fourth-order valence-corrected chi connectivity index (χ4v) is 1.05. The van der Waals surface area contributed by atoms with Gasteiger partial charge in [-0.05, 0) is 32.4 Å². The van der Waals surface area contributed by atoms with Gasteiger partial charge in [0.05, 0.1) is 6.10 Å². The van der Waals surface area contributed by atoms with Crippen LogP contribution < -0.4 is 9.64 Å². The number of rotatable bonds is 4. The molecule has 1 rings (SSSR count). The topological polar surface area (TPSA) is 51.1 Å². The minimum absolute atomic E-state index is 0.0169. The van der Waals surface area contributed by atoms with Crippen molar-refractivity contribution in [1.29, 1.82) is 0 Å². The van der Waals surface area contributed by atoms with E-state index in [1.165, 1.54) is 0 Å². The normalized spacial score (nSPS) is 10.5. The van der Waals surface area contributed by atoms with E-state index in [2.05, 4.69) is 15.0 Å². The molecule has 0 radical (unpaired) electrons. The van der Waals surface area contributed by atoms with Gasteiger partial charge in [-0.25, -0.2) is 0 Å². The fourth-order valence-electron chi connectivity index (χ4n) is 0.898. The highest BCUT2D eigenvalue weighted by molar-refractivity contribution is 6.28. The maximum Gasteiger partial charge on any atom is 0.322 e. The molecule has 0 bridgehead atoms. The summed E-state index contributed by atoms with van der Waals surface area (Å²) in [7, 11) is 1.88. The van der Waals surface area contributed by atoms with Crippen molar-refractivity contribution >= 4 is 17.5 Å². The molecule has 0 unspecified atom stereocenters. The standard InChI is InChI=1S/C9H15ClN4O/c1-5-14(4)8-11-7(10)12-9(13-8)15-6(2)3/h6H,5H2,1-4H3. The summed E-state index contributed by atoms with van der Waals surface area (Å²) >= 11 is 5.77. The molecule has 15 heavy (non-hydrogen) atoms. The molecular formula is C9H15ClN4O. The lowest BCUT2D eigenvalue weighted by atomic mass is 10.5. The first-order chi connectivity index (χ1) is 7.02. The molecule has 0 saturated heterocycles. The molecule has 0 N–H and O–H groups in total. The van der Waals surface area contributed by atoms with E-state index in [9.17, 15) is 0 Å². The number of ether oxygens (including phenoxy) is 1. The first-order valence-corrected chi connectivity index (χ1v) is 5.20. The van der Waals surface area contributed by atoms with Crippen molar-refractivity contribution in [3.8, 4) is 6.01 Å². The molecule has 0 aliphatic heterocycles. The largest absolute Gasteiger partial charge is 0.461 e. The zero-order chi connectivity index (χ0) is 11.4. The van der Waals surface area contributed by atoms with E-state index >= 15 is 0 Å². The van der Waals surface area contributed by atoms with Crippen LogP contribution in [0.4, 0.5) is 5.95 Å². The molecule has 0 saturated carbocycles. The van der Waals surface area contributed by atoms with Crippen LogP contribution in [0.15, 0.2) is 0 Å². The summed E-state index contributed by atoms with van der Waals surface area (Å²) in [4.78, 5) is 13.9. The van der Waals surface area contributed by atoms with Gasteiger partial charge in [0.25, 0.3) is 0 Å². The van der Waals surface area contributed by atoms with Gasteiger partial charge in [-0.15, -0.1) is 0 Å². The second-order valence-corrected chi connectivity index (χ2v) is 3.71. The molecule has 0 fully saturated rings. The highest BCUT2D eigenvalue weighted by Crippen LogP contribution is 2.14. The van der Waals surface area contributed by atoms with Gasteiger partial charge in [0.2, 0.25) is 11.2 Å². The van der Waals surface area contributed by atoms with Crippen LogP contribution in [0.2, 0.25) is 5.28 Å². The molecule has 6 heteroatoms. The van der Waals surface area contributed by atoms with Gasteiger partial charge < -0.3 is 9.64 Å². The second kappa shape index (κ2) is 5.11. The Morgan fingerprint density at radius 3 is 2.53 bits per heavy atom. The number of hydrogen-bond acceptors (Lipinski definition) is 5. The molecule has 84 valence electrons. The van der Waals surface area contributed by atoms with Crippen molar-refractivity contribution in [3.05, 3.63) is 5.28 Å². The van der Waals surface area contributed by atoms with Crippen molar-refractivity contribution < 1.29 is 4.74 Å². The van der Waals surface area contributed by atoms with Gasteiger partial charge in [0.15, 0.2) is 0 Å². The lowest BCUT2D eigenvalue weighted by molar-refractivity contribution is 0.221. The van der Waals surface area contributed by atoms with Crippen LogP contribution in [0.5, 0.6) is 6.01 Å². The van der Waals surface area contributed by atoms with E-state index in [-0.39, 0.29) is 17.4 Å². The minimum Gasteiger partial charge on any atom is -0.461 e. The molecule has 1 aromatic heterocycles.